The Bertz CT molecular complexity index is 1830. The molecule has 0 unspecified atom stereocenters. The van der Waals surface area contributed by atoms with Crippen LogP contribution in [-0.2, 0) is 23.1 Å². The Morgan fingerprint density at radius 2 is 1.65 bits per heavy atom. The molecule has 1 atom stereocenters. The highest BCUT2D eigenvalue weighted by Crippen LogP contribution is 2.34. The number of aliphatic carboxylic acids is 1. The van der Waals surface area contributed by atoms with Crippen molar-refractivity contribution in [2.45, 2.75) is 70.8 Å². The first-order chi connectivity index (χ1) is 22.1. The number of aromatic nitrogens is 1. The fraction of sp³-hybridized carbons (Fsp3) is 0.308. The van der Waals surface area contributed by atoms with Gasteiger partial charge in [-0.05, 0) is 76.7 Å². The average Bonchev–Trinajstić information content (AvgIpc) is 3.73. The van der Waals surface area contributed by atoms with Crippen LogP contribution >= 0.6 is 11.3 Å². The molecule has 2 heterocycles. The Labute approximate surface area is 274 Å². The smallest absolute Gasteiger partial charge is 0.326 e. The second kappa shape index (κ2) is 13.5. The number of carbonyl (C=O) groups excluding carboxylic acids is 1. The fourth-order valence-electron chi connectivity index (χ4n) is 6.16. The molecule has 2 N–H and O–H groups in total. The number of nitrogens with one attached hydrogen (secondary N) is 1. The van der Waals surface area contributed by atoms with Crippen molar-refractivity contribution < 1.29 is 19.4 Å². The van der Waals surface area contributed by atoms with Gasteiger partial charge in [0.25, 0.3) is 5.91 Å². The Kier molecular flexibility index (Phi) is 9.22. The Morgan fingerprint density at radius 3 is 2.35 bits per heavy atom. The molecule has 0 radical (unpaired) electrons. The molecule has 1 fully saturated rings. The molecular weight excluding hydrogens is 593 g/mol. The van der Waals surface area contributed by atoms with Gasteiger partial charge >= 0.3 is 5.97 Å². The molecule has 3 aromatic carbocycles. The van der Waals surface area contributed by atoms with Gasteiger partial charge in [0.15, 0.2) is 0 Å². The zero-order chi connectivity index (χ0) is 32.3. The second-order valence-electron chi connectivity index (χ2n) is 13.3. The van der Waals surface area contributed by atoms with E-state index in [1.165, 1.54) is 29.7 Å². The van der Waals surface area contributed by atoms with E-state index < -0.39 is 17.9 Å². The van der Waals surface area contributed by atoms with Crippen LogP contribution in [0.2, 0.25) is 0 Å². The SMILES string of the molecule is CC(C)(C)c1ccc(Oc2ccc3cc(C(=O)N[C@@H](Cc4ccc(-c5ccccc5)s4)C(=O)O)nc(CC4CCCC4)c3c2)cc1. The van der Waals surface area contributed by atoms with Gasteiger partial charge in [0, 0.05) is 27.3 Å². The first-order valence-corrected chi connectivity index (χ1v) is 16.8. The maximum absolute atomic E-state index is 13.6. The normalized spacial score (nSPS) is 14.3. The standard InChI is InChI=1S/C39H40N2O4S/c1-39(2,3)28-14-17-29(18-15-28)45-30-16-13-27-22-34(40-33(32(27)23-30)21-25-9-7-8-10-25)37(42)41-35(38(43)44)24-31-19-20-36(46-31)26-11-5-4-6-12-26/h4-6,11-20,22-23,25,35H,7-10,21,24H2,1-3H3,(H,41,42)(H,43,44)/t35-/m0/s1. The second-order valence-corrected chi connectivity index (χ2v) is 14.4. The maximum atomic E-state index is 13.6. The third kappa shape index (κ3) is 7.48. The van der Waals surface area contributed by atoms with Gasteiger partial charge in [0.1, 0.15) is 23.2 Å². The molecule has 5 aromatic rings. The van der Waals surface area contributed by atoms with Gasteiger partial charge in [0.05, 0.1) is 0 Å². The van der Waals surface area contributed by atoms with Gasteiger partial charge in [-0.1, -0.05) is 95.0 Å². The number of carboxylic acid groups (broad SMARTS) is 1. The van der Waals surface area contributed by atoms with Gasteiger partial charge in [-0.2, -0.15) is 0 Å². The number of nitrogens with zero attached hydrogens (tertiary/aromatic N) is 1. The number of carboxylic acids is 1. The number of benzene rings is 3. The minimum Gasteiger partial charge on any atom is -0.480 e. The number of amides is 1. The fourth-order valence-corrected chi connectivity index (χ4v) is 7.22. The van der Waals surface area contributed by atoms with E-state index >= 15 is 0 Å². The number of hydrogen-bond donors (Lipinski definition) is 2. The van der Waals surface area contributed by atoms with Crippen LogP contribution in [0, 0.1) is 5.92 Å². The minimum atomic E-state index is -1.08. The topological polar surface area (TPSA) is 88.5 Å². The molecule has 6 rings (SSSR count). The number of pyridine rings is 1. The molecule has 0 aliphatic heterocycles. The van der Waals surface area contributed by atoms with Gasteiger partial charge in [-0.25, -0.2) is 9.78 Å². The molecule has 1 saturated carbocycles. The van der Waals surface area contributed by atoms with Crippen molar-refractivity contribution in [3.63, 3.8) is 0 Å². The summed E-state index contributed by atoms with van der Waals surface area (Å²) >= 11 is 1.54. The van der Waals surface area contributed by atoms with Gasteiger partial charge < -0.3 is 15.2 Å². The van der Waals surface area contributed by atoms with Crippen LogP contribution in [-0.4, -0.2) is 28.0 Å². The summed E-state index contributed by atoms with van der Waals surface area (Å²) in [6.07, 6.45) is 5.65. The molecule has 1 aliphatic carbocycles. The lowest BCUT2D eigenvalue weighted by Gasteiger charge is -2.19. The van der Waals surface area contributed by atoms with E-state index in [-0.39, 0.29) is 17.5 Å². The Morgan fingerprint density at radius 1 is 0.935 bits per heavy atom. The predicted molar refractivity (Wildman–Crippen MR) is 185 cm³/mol. The molecule has 46 heavy (non-hydrogen) atoms. The highest BCUT2D eigenvalue weighted by molar-refractivity contribution is 7.15. The number of hydrogen-bond acceptors (Lipinski definition) is 5. The van der Waals surface area contributed by atoms with Crippen LogP contribution in [0.3, 0.4) is 0 Å². The summed E-state index contributed by atoms with van der Waals surface area (Å²) in [5, 5.41) is 14.6. The first kappa shape index (κ1) is 31.5. The van der Waals surface area contributed by atoms with Crippen LogP contribution < -0.4 is 10.1 Å². The summed E-state index contributed by atoms with van der Waals surface area (Å²) in [5.74, 6) is 0.413. The molecule has 6 nitrogen and oxygen atoms in total. The Hall–Kier alpha value is -4.49. The monoisotopic (exact) mass is 632 g/mol. The first-order valence-electron chi connectivity index (χ1n) is 16.0. The summed E-state index contributed by atoms with van der Waals surface area (Å²) in [6, 6.07) is 28.6. The van der Waals surface area contributed by atoms with E-state index in [0.29, 0.717) is 11.7 Å². The summed E-state index contributed by atoms with van der Waals surface area (Å²) in [7, 11) is 0. The molecule has 0 bridgehead atoms. The van der Waals surface area contributed by atoms with Gasteiger partial charge in [-0.15, -0.1) is 11.3 Å². The lowest BCUT2D eigenvalue weighted by atomic mass is 9.87. The van der Waals surface area contributed by atoms with Crippen molar-refractivity contribution in [2.24, 2.45) is 5.92 Å². The zero-order valence-corrected chi connectivity index (χ0v) is 27.4. The molecule has 1 amide bonds. The molecule has 0 spiro atoms. The largest absolute Gasteiger partial charge is 0.480 e. The predicted octanol–water partition coefficient (Wildman–Crippen LogP) is 9.21. The van der Waals surface area contributed by atoms with Gasteiger partial charge in [-0.3, -0.25) is 4.79 Å². The van der Waals surface area contributed by atoms with Crippen molar-refractivity contribution in [1.82, 2.24) is 10.3 Å². The van der Waals surface area contributed by atoms with E-state index in [2.05, 4.69) is 38.2 Å². The minimum absolute atomic E-state index is 0.0621. The van der Waals surface area contributed by atoms with Gasteiger partial charge in [0.2, 0.25) is 0 Å². The van der Waals surface area contributed by atoms with Crippen molar-refractivity contribution in [3.8, 4) is 21.9 Å². The third-order valence-electron chi connectivity index (χ3n) is 8.76. The van der Waals surface area contributed by atoms with E-state index in [1.807, 2.05) is 72.8 Å². The highest BCUT2D eigenvalue weighted by Gasteiger charge is 2.25. The Balaban J connectivity index is 1.24. The van der Waals surface area contributed by atoms with Crippen molar-refractivity contribution in [2.75, 3.05) is 0 Å². The number of carbonyl (C=O) groups is 2. The highest BCUT2D eigenvalue weighted by atomic mass is 32.1. The molecule has 7 heteroatoms. The summed E-state index contributed by atoms with van der Waals surface area (Å²) in [5.41, 5.74) is 3.46. The zero-order valence-electron chi connectivity index (χ0n) is 26.6. The summed E-state index contributed by atoms with van der Waals surface area (Å²) in [6.45, 7) is 6.56. The number of fused-ring (bicyclic) bond motifs is 1. The van der Waals surface area contributed by atoms with Crippen molar-refractivity contribution in [3.05, 3.63) is 113 Å². The summed E-state index contributed by atoms with van der Waals surface area (Å²) < 4.78 is 6.25. The quantitative estimate of drug-likeness (QED) is 0.160. The lowest BCUT2D eigenvalue weighted by molar-refractivity contribution is -0.139. The van der Waals surface area contributed by atoms with Crippen LogP contribution in [0.1, 0.15) is 73.1 Å². The van der Waals surface area contributed by atoms with Crippen molar-refractivity contribution in [1.29, 1.82) is 0 Å². The van der Waals surface area contributed by atoms with Crippen LogP contribution in [0.4, 0.5) is 0 Å². The number of rotatable bonds is 10. The number of thiophene rings is 1. The molecule has 2 aromatic heterocycles. The lowest BCUT2D eigenvalue weighted by Crippen LogP contribution is -2.42. The molecular formula is C39H40N2O4S. The average molecular weight is 633 g/mol. The van der Waals surface area contributed by atoms with E-state index in [0.717, 1.165) is 56.8 Å². The van der Waals surface area contributed by atoms with E-state index in [1.54, 1.807) is 6.07 Å². The van der Waals surface area contributed by atoms with E-state index in [9.17, 15) is 14.7 Å². The van der Waals surface area contributed by atoms with Crippen molar-refractivity contribution >= 4 is 34.0 Å². The van der Waals surface area contributed by atoms with Crippen LogP contribution in [0.15, 0.2) is 91.0 Å². The molecule has 236 valence electrons. The van der Waals surface area contributed by atoms with Crippen LogP contribution in [0.25, 0.3) is 21.2 Å². The third-order valence-corrected chi connectivity index (χ3v) is 9.91. The molecule has 0 saturated heterocycles. The maximum Gasteiger partial charge on any atom is 0.326 e. The number of ether oxygens (including phenoxy) is 1. The summed E-state index contributed by atoms with van der Waals surface area (Å²) in [4.78, 5) is 32.6. The van der Waals surface area contributed by atoms with Crippen LogP contribution in [0.5, 0.6) is 11.5 Å². The van der Waals surface area contributed by atoms with E-state index in [4.69, 9.17) is 9.72 Å². The molecule has 1 aliphatic rings.